The molecular formula is C15H20FNO2. The van der Waals surface area contributed by atoms with E-state index in [9.17, 15) is 9.50 Å². The van der Waals surface area contributed by atoms with E-state index in [1.165, 1.54) is 18.2 Å². The molecule has 0 aliphatic carbocycles. The number of hydrogen-bond acceptors (Lipinski definition) is 3. The second-order valence-corrected chi connectivity index (χ2v) is 5.31. The minimum Gasteiger partial charge on any atom is -0.493 e. The fourth-order valence-electron chi connectivity index (χ4n) is 1.73. The molecule has 0 heterocycles. The largest absolute Gasteiger partial charge is 0.493 e. The van der Waals surface area contributed by atoms with E-state index < -0.39 is 11.9 Å². The third kappa shape index (κ3) is 4.88. The van der Waals surface area contributed by atoms with Gasteiger partial charge in [-0.2, -0.15) is 5.26 Å². The predicted molar refractivity (Wildman–Crippen MR) is 71.2 cm³/mol. The highest BCUT2D eigenvalue weighted by atomic mass is 19.1. The Balaban J connectivity index is 2.58. The molecular weight excluding hydrogens is 245 g/mol. The highest BCUT2D eigenvalue weighted by Crippen LogP contribution is 2.27. The molecule has 1 aromatic rings. The molecule has 0 radical (unpaired) electrons. The number of rotatable bonds is 6. The normalized spacial score (nSPS) is 12.8. The van der Waals surface area contributed by atoms with Gasteiger partial charge in [0.1, 0.15) is 11.6 Å². The van der Waals surface area contributed by atoms with Gasteiger partial charge in [0, 0.05) is 11.6 Å². The van der Waals surface area contributed by atoms with Crippen molar-refractivity contribution in [3.8, 4) is 11.8 Å². The lowest BCUT2D eigenvalue weighted by molar-refractivity contribution is 0.189. The average Bonchev–Trinajstić information content (AvgIpc) is 2.34. The summed E-state index contributed by atoms with van der Waals surface area (Å²) in [5, 5.41) is 18.5. The number of nitriles is 1. The summed E-state index contributed by atoms with van der Waals surface area (Å²) in [7, 11) is 0. The molecule has 1 atom stereocenters. The van der Waals surface area contributed by atoms with Crippen molar-refractivity contribution in [1.82, 2.24) is 0 Å². The van der Waals surface area contributed by atoms with Crippen molar-refractivity contribution in [3.05, 3.63) is 29.6 Å². The molecule has 0 aliphatic heterocycles. The molecule has 0 saturated carbocycles. The predicted octanol–water partition coefficient (Wildman–Crippen LogP) is 3.59. The summed E-state index contributed by atoms with van der Waals surface area (Å²) in [5.41, 5.74) is 0.194. The topological polar surface area (TPSA) is 53.2 Å². The summed E-state index contributed by atoms with van der Waals surface area (Å²) in [5.74, 6) is -0.0264. The molecule has 4 heteroatoms. The smallest absolute Gasteiger partial charge is 0.127 e. The molecule has 0 spiro atoms. The van der Waals surface area contributed by atoms with Crippen LogP contribution in [0.2, 0.25) is 0 Å². The molecule has 0 aromatic heterocycles. The van der Waals surface area contributed by atoms with Crippen LogP contribution in [0.15, 0.2) is 18.2 Å². The average molecular weight is 265 g/mol. The van der Waals surface area contributed by atoms with Crippen molar-refractivity contribution in [2.75, 3.05) is 6.61 Å². The molecule has 0 bridgehead atoms. The van der Waals surface area contributed by atoms with Crippen LogP contribution in [0.3, 0.4) is 0 Å². The Kier molecular flexibility index (Phi) is 5.31. The number of halogens is 1. The van der Waals surface area contributed by atoms with Crippen LogP contribution in [0.25, 0.3) is 0 Å². The van der Waals surface area contributed by atoms with Crippen molar-refractivity contribution in [2.45, 2.75) is 39.7 Å². The zero-order chi connectivity index (χ0) is 14.5. The third-order valence-corrected chi connectivity index (χ3v) is 2.93. The van der Waals surface area contributed by atoms with Crippen LogP contribution in [0.1, 0.15) is 45.3 Å². The molecule has 0 aliphatic rings. The molecule has 3 nitrogen and oxygen atoms in total. The SMILES string of the molecule is C[C@H](O)c1ccc(F)cc1OCCCC(C)(C)C#N. The van der Waals surface area contributed by atoms with Gasteiger partial charge in [-0.05, 0) is 45.7 Å². The summed E-state index contributed by atoms with van der Waals surface area (Å²) < 4.78 is 18.7. The van der Waals surface area contributed by atoms with E-state index in [1.54, 1.807) is 6.92 Å². The summed E-state index contributed by atoms with van der Waals surface area (Å²) in [6.45, 7) is 5.75. The lowest BCUT2D eigenvalue weighted by Gasteiger charge is -2.16. The highest BCUT2D eigenvalue weighted by molar-refractivity contribution is 5.35. The van der Waals surface area contributed by atoms with Gasteiger partial charge in [0.15, 0.2) is 0 Å². The first kappa shape index (κ1) is 15.5. The molecule has 0 amide bonds. The molecule has 1 rings (SSSR count). The van der Waals surface area contributed by atoms with E-state index >= 15 is 0 Å². The number of hydrogen-bond donors (Lipinski definition) is 1. The van der Waals surface area contributed by atoms with Gasteiger partial charge in [-0.1, -0.05) is 0 Å². The van der Waals surface area contributed by atoms with Crippen LogP contribution >= 0.6 is 0 Å². The third-order valence-electron chi connectivity index (χ3n) is 2.93. The number of ether oxygens (including phenoxy) is 1. The van der Waals surface area contributed by atoms with Gasteiger partial charge in [0.25, 0.3) is 0 Å². The summed E-state index contributed by atoms with van der Waals surface area (Å²) in [6.07, 6.45) is 0.713. The Hall–Kier alpha value is -1.60. The minimum atomic E-state index is -0.703. The number of aliphatic hydroxyl groups excluding tert-OH is 1. The van der Waals surface area contributed by atoms with Gasteiger partial charge in [-0.25, -0.2) is 4.39 Å². The van der Waals surface area contributed by atoms with Gasteiger partial charge in [0.2, 0.25) is 0 Å². The van der Waals surface area contributed by atoms with Crippen LogP contribution in [-0.4, -0.2) is 11.7 Å². The first-order valence-electron chi connectivity index (χ1n) is 6.37. The zero-order valence-electron chi connectivity index (χ0n) is 11.6. The number of aliphatic hydroxyl groups is 1. The van der Waals surface area contributed by atoms with Crippen molar-refractivity contribution in [2.24, 2.45) is 5.41 Å². The van der Waals surface area contributed by atoms with Crippen LogP contribution in [0, 0.1) is 22.6 Å². The monoisotopic (exact) mass is 265 g/mol. The number of benzene rings is 1. The number of nitrogens with zero attached hydrogens (tertiary/aromatic N) is 1. The van der Waals surface area contributed by atoms with E-state index in [2.05, 4.69) is 6.07 Å². The van der Waals surface area contributed by atoms with Crippen LogP contribution in [-0.2, 0) is 0 Å². The molecule has 19 heavy (non-hydrogen) atoms. The van der Waals surface area contributed by atoms with E-state index in [1.807, 2.05) is 13.8 Å². The van der Waals surface area contributed by atoms with Crippen molar-refractivity contribution < 1.29 is 14.2 Å². The maximum atomic E-state index is 13.2. The van der Waals surface area contributed by atoms with Crippen molar-refractivity contribution in [1.29, 1.82) is 5.26 Å². The fourth-order valence-corrected chi connectivity index (χ4v) is 1.73. The standard InChI is InChI=1S/C15H20FNO2/c1-11(18)13-6-5-12(16)9-14(13)19-8-4-7-15(2,3)10-17/h5-6,9,11,18H,4,7-8H2,1-3H3/t11-/m0/s1. The first-order chi connectivity index (χ1) is 8.85. The first-order valence-corrected chi connectivity index (χ1v) is 6.37. The van der Waals surface area contributed by atoms with Crippen molar-refractivity contribution in [3.63, 3.8) is 0 Å². The van der Waals surface area contributed by atoms with Crippen molar-refractivity contribution >= 4 is 0 Å². The van der Waals surface area contributed by atoms with E-state index in [4.69, 9.17) is 10.00 Å². The molecule has 1 N–H and O–H groups in total. The Morgan fingerprint density at radius 1 is 1.47 bits per heavy atom. The Morgan fingerprint density at radius 3 is 2.74 bits per heavy atom. The van der Waals surface area contributed by atoms with Gasteiger partial charge in [-0.3, -0.25) is 0 Å². The maximum Gasteiger partial charge on any atom is 0.127 e. The van der Waals surface area contributed by atoms with E-state index in [0.717, 1.165) is 0 Å². The molecule has 104 valence electrons. The van der Waals surface area contributed by atoms with E-state index in [0.29, 0.717) is 30.8 Å². The second kappa shape index (κ2) is 6.53. The maximum absolute atomic E-state index is 13.2. The fraction of sp³-hybridized carbons (Fsp3) is 0.533. The Morgan fingerprint density at radius 2 is 2.16 bits per heavy atom. The second-order valence-electron chi connectivity index (χ2n) is 5.31. The minimum absolute atomic E-state index is 0.366. The van der Waals surface area contributed by atoms with Gasteiger partial charge in [-0.15, -0.1) is 0 Å². The van der Waals surface area contributed by atoms with Gasteiger partial charge in [0.05, 0.1) is 24.2 Å². The lowest BCUT2D eigenvalue weighted by atomic mass is 9.90. The Labute approximate surface area is 113 Å². The van der Waals surface area contributed by atoms with Crippen LogP contribution in [0.4, 0.5) is 4.39 Å². The molecule has 0 fully saturated rings. The highest BCUT2D eigenvalue weighted by Gasteiger charge is 2.16. The Bertz CT molecular complexity index is 464. The summed E-state index contributed by atoms with van der Waals surface area (Å²) in [6, 6.07) is 6.32. The summed E-state index contributed by atoms with van der Waals surface area (Å²) in [4.78, 5) is 0. The van der Waals surface area contributed by atoms with Gasteiger partial charge < -0.3 is 9.84 Å². The zero-order valence-corrected chi connectivity index (χ0v) is 11.6. The van der Waals surface area contributed by atoms with Crippen LogP contribution < -0.4 is 4.74 Å². The molecule has 1 aromatic carbocycles. The molecule has 0 unspecified atom stereocenters. The lowest BCUT2D eigenvalue weighted by Crippen LogP contribution is -2.10. The van der Waals surface area contributed by atoms with Crippen LogP contribution in [0.5, 0.6) is 5.75 Å². The quantitative estimate of drug-likeness (QED) is 0.800. The summed E-state index contributed by atoms with van der Waals surface area (Å²) >= 11 is 0. The van der Waals surface area contributed by atoms with E-state index in [-0.39, 0.29) is 5.41 Å². The molecule has 0 saturated heterocycles. The van der Waals surface area contributed by atoms with Gasteiger partial charge >= 0.3 is 0 Å².